The number of anilines is 1. The Labute approximate surface area is 115 Å². The highest BCUT2D eigenvalue weighted by Gasteiger charge is 2.48. The molecule has 0 bridgehead atoms. The van der Waals surface area contributed by atoms with Gasteiger partial charge in [-0.1, -0.05) is 26.0 Å². The smallest absolute Gasteiger partial charge is 0.124 e. The van der Waals surface area contributed by atoms with Gasteiger partial charge in [-0.15, -0.1) is 6.58 Å². The van der Waals surface area contributed by atoms with E-state index < -0.39 is 0 Å². The third-order valence-electron chi connectivity index (χ3n) is 5.04. The van der Waals surface area contributed by atoms with Crippen molar-refractivity contribution in [2.24, 2.45) is 11.3 Å². The van der Waals surface area contributed by atoms with Crippen LogP contribution in [0, 0.1) is 11.3 Å². The van der Waals surface area contributed by atoms with Gasteiger partial charge >= 0.3 is 0 Å². The van der Waals surface area contributed by atoms with E-state index in [1.54, 1.807) is 7.11 Å². The van der Waals surface area contributed by atoms with Crippen LogP contribution in [0.15, 0.2) is 30.9 Å². The minimum atomic E-state index is 0.354. The highest BCUT2D eigenvalue weighted by molar-refractivity contribution is 5.63. The maximum atomic E-state index is 5.56. The Kier molecular flexibility index (Phi) is 2.84. The molecule has 1 saturated carbocycles. The van der Waals surface area contributed by atoms with Gasteiger partial charge in [-0.2, -0.15) is 0 Å². The van der Waals surface area contributed by atoms with Crippen LogP contribution >= 0.6 is 0 Å². The van der Waals surface area contributed by atoms with Crippen LogP contribution in [0.2, 0.25) is 0 Å². The van der Waals surface area contributed by atoms with E-state index in [1.165, 1.54) is 24.1 Å². The molecule has 0 unspecified atom stereocenters. The first-order chi connectivity index (χ1) is 9.08. The first kappa shape index (κ1) is 12.6. The summed E-state index contributed by atoms with van der Waals surface area (Å²) in [6.07, 6.45) is 4.65. The van der Waals surface area contributed by atoms with Crippen LogP contribution in [0.5, 0.6) is 5.75 Å². The van der Waals surface area contributed by atoms with Crippen molar-refractivity contribution in [2.45, 2.75) is 38.6 Å². The van der Waals surface area contributed by atoms with Crippen molar-refractivity contribution in [1.82, 2.24) is 0 Å². The molecular formula is C17H23NO. The molecule has 1 aromatic rings. The number of ether oxygens (including phenoxy) is 1. The number of hydrogen-bond acceptors (Lipinski definition) is 2. The average molecular weight is 257 g/mol. The lowest BCUT2D eigenvalue weighted by molar-refractivity contribution is 0.300. The molecule has 1 aliphatic carbocycles. The van der Waals surface area contributed by atoms with E-state index in [9.17, 15) is 0 Å². The Balaban J connectivity index is 2.12. The zero-order valence-electron chi connectivity index (χ0n) is 12.1. The minimum Gasteiger partial charge on any atom is -0.496 e. The van der Waals surface area contributed by atoms with E-state index >= 15 is 0 Å². The summed E-state index contributed by atoms with van der Waals surface area (Å²) < 4.78 is 5.56. The molecule has 0 aromatic heterocycles. The van der Waals surface area contributed by atoms with Gasteiger partial charge in [0.05, 0.1) is 7.11 Å². The first-order valence-corrected chi connectivity index (χ1v) is 7.14. The molecule has 1 N–H and O–H groups in total. The Bertz CT molecular complexity index is 506. The van der Waals surface area contributed by atoms with Gasteiger partial charge in [0, 0.05) is 23.2 Å². The van der Waals surface area contributed by atoms with Gasteiger partial charge in [0.1, 0.15) is 5.75 Å². The molecule has 102 valence electrons. The van der Waals surface area contributed by atoms with Crippen molar-refractivity contribution in [1.29, 1.82) is 0 Å². The fourth-order valence-electron chi connectivity index (χ4n) is 4.00. The average Bonchev–Trinajstić information content (AvgIpc) is 2.71. The lowest BCUT2D eigenvalue weighted by atomic mass is 9.74. The third-order valence-corrected chi connectivity index (χ3v) is 5.04. The SMILES string of the molecule is C=C[C@H]1c2c(cccc2OC)N[C@@H]2[C@@H]1CCC2(C)C. The van der Waals surface area contributed by atoms with Gasteiger partial charge in [0.15, 0.2) is 0 Å². The second kappa shape index (κ2) is 4.29. The van der Waals surface area contributed by atoms with Gasteiger partial charge in [0.2, 0.25) is 0 Å². The molecule has 1 aromatic carbocycles. The van der Waals surface area contributed by atoms with Crippen LogP contribution in [0.3, 0.4) is 0 Å². The van der Waals surface area contributed by atoms with Crippen molar-refractivity contribution in [3.8, 4) is 5.75 Å². The summed E-state index contributed by atoms with van der Waals surface area (Å²) >= 11 is 0. The standard InChI is InChI=1S/C17H23NO/c1-5-11-12-9-10-17(2,3)16(12)18-13-7-6-8-14(19-4)15(11)13/h5-8,11-12,16,18H,1,9-10H2,2-4H3/t11-,12-,16-/m1/s1. The van der Waals surface area contributed by atoms with E-state index in [0.29, 0.717) is 23.3 Å². The molecule has 0 spiro atoms. The third kappa shape index (κ3) is 1.77. The largest absolute Gasteiger partial charge is 0.496 e. The molecule has 0 saturated heterocycles. The van der Waals surface area contributed by atoms with Gasteiger partial charge in [-0.3, -0.25) is 0 Å². The van der Waals surface area contributed by atoms with Crippen LogP contribution in [0.25, 0.3) is 0 Å². The Morgan fingerprint density at radius 3 is 2.89 bits per heavy atom. The van der Waals surface area contributed by atoms with Crippen LogP contribution in [0.4, 0.5) is 5.69 Å². The van der Waals surface area contributed by atoms with Crippen molar-refractivity contribution in [3.63, 3.8) is 0 Å². The lowest BCUT2D eigenvalue weighted by Gasteiger charge is -2.41. The lowest BCUT2D eigenvalue weighted by Crippen LogP contribution is -2.41. The number of methoxy groups -OCH3 is 1. The maximum absolute atomic E-state index is 5.56. The number of hydrogen-bond donors (Lipinski definition) is 1. The van der Waals surface area contributed by atoms with Gasteiger partial charge in [-0.05, 0) is 36.3 Å². The maximum Gasteiger partial charge on any atom is 0.124 e. The first-order valence-electron chi connectivity index (χ1n) is 7.14. The molecular weight excluding hydrogens is 234 g/mol. The zero-order valence-corrected chi connectivity index (χ0v) is 12.1. The quantitative estimate of drug-likeness (QED) is 0.802. The van der Waals surface area contributed by atoms with Crippen molar-refractivity contribution in [2.75, 3.05) is 12.4 Å². The number of benzene rings is 1. The van der Waals surface area contributed by atoms with Gasteiger partial charge in [0.25, 0.3) is 0 Å². The summed E-state index contributed by atoms with van der Waals surface area (Å²) in [5.41, 5.74) is 2.87. The van der Waals surface area contributed by atoms with Crippen LogP contribution in [-0.2, 0) is 0 Å². The van der Waals surface area contributed by atoms with Crippen LogP contribution in [-0.4, -0.2) is 13.2 Å². The molecule has 0 amide bonds. The van der Waals surface area contributed by atoms with Gasteiger partial charge < -0.3 is 10.1 Å². The molecule has 1 aliphatic heterocycles. The Hall–Kier alpha value is -1.44. The summed E-state index contributed by atoms with van der Waals surface area (Å²) in [5, 5.41) is 3.76. The normalized spacial score (nSPS) is 31.0. The van der Waals surface area contributed by atoms with E-state index in [4.69, 9.17) is 4.74 Å². The second-order valence-electron chi connectivity index (χ2n) is 6.50. The van der Waals surface area contributed by atoms with Crippen molar-refractivity contribution < 1.29 is 4.74 Å². The molecule has 2 heteroatoms. The van der Waals surface area contributed by atoms with Gasteiger partial charge in [-0.25, -0.2) is 0 Å². The van der Waals surface area contributed by atoms with Crippen molar-refractivity contribution >= 4 is 5.69 Å². The molecule has 19 heavy (non-hydrogen) atoms. The zero-order chi connectivity index (χ0) is 13.6. The molecule has 0 radical (unpaired) electrons. The number of fused-ring (bicyclic) bond motifs is 2. The number of rotatable bonds is 2. The summed E-state index contributed by atoms with van der Waals surface area (Å²) in [6, 6.07) is 6.82. The topological polar surface area (TPSA) is 21.3 Å². The molecule has 1 heterocycles. The fourth-order valence-corrected chi connectivity index (χ4v) is 4.00. The minimum absolute atomic E-state index is 0.354. The molecule has 2 nitrogen and oxygen atoms in total. The summed E-state index contributed by atoms with van der Waals surface area (Å²) in [7, 11) is 1.75. The molecule has 1 fully saturated rings. The van der Waals surface area contributed by atoms with E-state index in [-0.39, 0.29) is 0 Å². The monoisotopic (exact) mass is 257 g/mol. The molecule has 3 atom stereocenters. The highest BCUT2D eigenvalue weighted by atomic mass is 16.5. The number of allylic oxidation sites excluding steroid dienone is 1. The number of nitrogens with one attached hydrogen (secondary N) is 1. The fraction of sp³-hybridized carbons (Fsp3) is 0.529. The molecule has 2 aliphatic rings. The predicted octanol–water partition coefficient (Wildman–Crippen LogP) is 4.20. The Morgan fingerprint density at radius 2 is 2.21 bits per heavy atom. The molecule has 3 rings (SSSR count). The summed E-state index contributed by atoms with van der Waals surface area (Å²) in [6.45, 7) is 8.83. The van der Waals surface area contributed by atoms with E-state index in [1.807, 2.05) is 0 Å². The van der Waals surface area contributed by atoms with E-state index in [2.05, 4.69) is 50.0 Å². The highest BCUT2D eigenvalue weighted by Crippen LogP contribution is 2.54. The van der Waals surface area contributed by atoms with E-state index in [0.717, 1.165) is 5.75 Å². The second-order valence-corrected chi connectivity index (χ2v) is 6.50. The van der Waals surface area contributed by atoms with Crippen LogP contribution in [0.1, 0.15) is 38.2 Å². The van der Waals surface area contributed by atoms with Crippen molar-refractivity contribution in [3.05, 3.63) is 36.4 Å². The summed E-state index contributed by atoms with van der Waals surface area (Å²) in [5.74, 6) is 2.02. The predicted molar refractivity (Wildman–Crippen MR) is 79.8 cm³/mol. The van der Waals surface area contributed by atoms with Crippen LogP contribution < -0.4 is 10.1 Å². The summed E-state index contributed by atoms with van der Waals surface area (Å²) in [4.78, 5) is 0. The Morgan fingerprint density at radius 1 is 1.42 bits per heavy atom.